The summed E-state index contributed by atoms with van der Waals surface area (Å²) in [5.41, 5.74) is 6.93. The molecule has 1 unspecified atom stereocenters. The van der Waals surface area contributed by atoms with Gasteiger partial charge in [-0.15, -0.1) is 0 Å². The molecular weight excluding hydrogens is 274 g/mol. The molecule has 0 bridgehead atoms. The zero-order chi connectivity index (χ0) is 14.9. The van der Waals surface area contributed by atoms with Crippen molar-refractivity contribution in [3.05, 3.63) is 23.8 Å². The summed E-state index contributed by atoms with van der Waals surface area (Å²) in [6.45, 7) is 5.67. The van der Waals surface area contributed by atoms with Crippen molar-refractivity contribution in [1.82, 2.24) is 9.21 Å². The molecule has 1 aromatic rings. The Hall–Kier alpha value is -1.11. The Morgan fingerprint density at radius 2 is 2.05 bits per heavy atom. The van der Waals surface area contributed by atoms with Gasteiger partial charge >= 0.3 is 0 Å². The number of benzene rings is 1. The van der Waals surface area contributed by atoms with Crippen LogP contribution in [-0.2, 0) is 10.0 Å². The minimum Gasteiger partial charge on any atom is -0.398 e. The van der Waals surface area contributed by atoms with E-state index in [-0.39, 0.29) is 10.9 Å². The first-order valence-corrected chi connectivity index (χ1v) is 8.37. The van der Waals surface area contributed by atoms with Gasteiger partial charge in [0.05, 0.1) is 5.69 Å². The van der Waals surface area contributed by atoms with Gasteiger partial charge in [0.2, 0.25) is 10.0 Å². The Balaban J connectivity index is 2.36. The fourth-order valence-corrected chi connectivity index (χ4v) is 4.52. The molecule has 20 heavy (non-hydrogen) atoms. The Labute approximate surface area is 121 Å². The summed E-state index contributed by atoms with van der Waals surface area (Å²) in [6, 6.07) is 5.48. The number of hydrogen-bond donors (Lipinski definition) is 1. The number of rotatable bonds is 3. The molecule has 1 heterocycles. The van der Waals surface area contributed by atoms with Crippen LogP contribution in [0.3, 0.4) is 0 Å². The molecule has 6 heteroatoms. The molecule has 0 aliphatic carbocycles. The van der Waals surface area contributed by atoms with Crippen LogP contribution >= 0.6 is 0 Å². The van der Waals surface area contributed by atoms with Gasteiger partial charge in [0.1, 0.15) is 4.90 Å². The summed E-state index contributed by atoms with van der Waals surface area (Å²) in [5, 5.41) is 0. The molecule has 1 fully saturated rings. The summed E-state index contributed by atoms with van der Waals surface area (Å²) >= 11 is 0. The quantitative estimate of drug-likeness (QED) is 0.854. The van der Waals surface area contributed by atoms with E-state index in [0.29, 0.717) is 24.3 Å². The number of nitrogens with two attached hydrogens (primary N) is 1. The molecule has 1 aliphatic rings. The Morgan fingerprint density at radius 3 is 2.65 bits per heavy atom. The second-order valence-corrected chi connectivity index (χ2v) is 7.27. The summed E-state index contributed by atoms with van der Waals surface area (Å²) in [7, 11) is -1.47. The zero-order valence-corrected chi connectivity index (χ0v) is 13.2. The average molecular weight is 297 g/mol. The Bertz CT molecular complexity index is 566. The highest BCUT2D eigenvalue weighted by molar-refractivity contribution is 7.89. The lowest BCUT2D eigenvalue weighted by atomic mass is 10.1. The van der Waals surface area contributed by atoms with Gasteiger partial charge in [-0.1, -0.05) is 19.1 Å². The number of piperazine rings is 1. The summed E-state index contributed by atoms with van der Waals surface area (Å²) < 4.78 is 27.2. The highest BCUT2D eigenvalue weighted by atomic mass is 32.2. The van der Waals surface area contributed by atoms with E-state index in [9.17, 15) is 8.42 Å². The maximum atomic E-state index is 12.8. The molecule has 0 spiro atoms. The van der Waals surface area contributed by atoms with Crippen LogP contribution in [0.25, 0.3) is 0 Å². The lowest BCUT2D eigenvalue weighted by molar-refractivity contribution is 0.144. The first-order chi connectivity index (χ1) is 9.37. The van der Waals surface area contributed by atoms with Crippen LogP contribution in [0.4, 0.5) is 5.69 Å². The van der Waals surface area contributed by atoms with Gasteiger partial charge in [0.15, 0.2) is 0 Å². The van der Waals surface area contributed by atoms with Crippen LogP contribution in [0.15, 0.2) is 23.1 Å². The first kappa shape index (κ1) is 15.3. The number of nitrogen functional groups attached to an aromatic ring is 1. The molecular formula is C14H23N3O2S. The maximum Gasteiger partial charge on any atom is 0.245 e. The van der Waals surface area contributed by atoms with E-state index in [0.717, 1.165) is 13.0 Å². The Kier molecular flexibility index (Phi) is 4.36. The van der Waals surface area contributed by atoms with Gasteiger partial charge in [0.25, 0.3) is 0 Å². The van der Waals surface area contributed by atoms with Crippen molar-refractivity contribution in [2.75, 3.05) is 32.4 Å². The van der Waals surface area contributed by atoms with Crippen molar-refractivity contribution in [2.45, 2.75) is 31.2 Å². The molecule has 2 rings (SSSR count). The predicted octanol–water partition coefficient (Wildman–Crippen LogP) is 1.29. The van der Waals surface area contributed by atoms with Gasteiger partial charge in [-0.25, -0.2) is 8.42 Å². The highest BCUT2D eigenvalue weighted by Gasteiger charge is 2.33. The van der Waals surface area contributed by atoms with Crippen LogP contribution in [0.2, 0.25) is 0 Å². The molecule has 112 valence electrons. The molecule has 0 amide bonds. The van der Waals surface area contributed by atoms with Crippen LogP contribution in [-0.4, -0.2) is 50.3 Å². The Morgan fingerprint density at radius 1 is 1.35 bits per heavy atom. The van der Waals surface area contributed by atoms with Crippen molar-refractivity contribution >= 4 is 15.7 Å². The van der Waals surface area contributed by atoms with Crippen molar-refractivity contribution in [3.8, 4) is 0 Å². The minimum atomic E-state index is -3.51. The maximum absolute atomic E-state index is 12.8. The summed E-state index contributed by atoms with van der Waals surface area (Å²) in [5.74, 6) is 0. The van der Waals surface area contributed by atoms with E-state index in [2.05, 4.69) is 11.8 Å². The van der Waals surface area contributed by atoms with E-state index in [1.54, 1.807) is 29.4 Å². The van der Waals surface area contributed by atoms with Crippen LogP contribution in [0, 0.1) is 6.92 Å². The normalized spacial score (nSPS) is 22.1. The second-order valence-electron chi connectivity index (χ2n) is 5.40. The van der Waals surface area contributed by atoms with E-state index >= 15 is 0 Å². The average Bonchev–Trinajstić information content (AvgIpc) is 2.38. The van der Waals surface area contributed by atoms with E-state index in [1.165, 1.54) is 0 Å². The SMILES string of the molecule is CCC1CN(S(=O)(=O)c2c(C)cccc2N)CCN1C. The van der Waals surface area contributed by atoms with E-state index in [1.807, 2.05) is 7.05 Å². The number of nitrogens with zero attached hydrogens (tertiary/aromatic N) is 2. The van der Waals surface area contributed by atoms with Gasteiger partial charge < -0.3 is 10.6 Å². The first-order valence-electron chi connectivity index (χ1n) is 6.93. The highest BCUT2D eigenvalue weighted by Crippen LogP contribution is 2.27. The summed E-state index contributed by atoms with van der Waals surface area (Å²) in [6.07, 6.45) is 0.936. The third kappa shape index (κ3) is 2.68. The number of hydrogen-bond acceptors (Lipinski definition) is 4. The third-order valence-electron chi connectivity index (χ3n) is 4.05. The molecule has 0 radical (unpaired) electrons. The molecule has 1 saturated heterocycles. The second kappa shape index (κ2) is 5.71. The zero-order valence-electron chi connectivity index (χ0n) is 12.3. The van der Waals surface area contributed by atoms with Gasteiger partial charge in [-0.2, -0.15) is 4.31 Å². The lowest BCUT2D eigenvalue weighted by Gasteiger charge is -2.38. The van der Waals surface area contributed by atoms with Crippen LogP contribution in [0.1, 0.15) is 18.9 Å². The number of anilines is 1. The van der Waals surface area contributed by atoms with Crippen LogP contribution < -0.4 is 5.73 Å². The molecule has 1 aliphatic heterocycles. The molecule has 0 aromatic heterocycles. The topological polar surface area (TPSA) is 66.6 Å². The molecule has 1 aromatic carbocycles. The predicted molar refractivity (Wildman–Crippen MR) is 81.1 cm³/mol. The lowest BCUT2D eigenvalue weighted by Crippen LogP contribution is -2.52. The molecule has 5 nitrogen and oxygen atoms in total. The fourth-order valence-electron chi connectivity index (χ4n) is 2.73. The van der Waals surface area contributed by atoms with E-state index < -0.39 is 10.0 Å². The molecule has 2 N–H and O–H groups in total. The smallest absolute Gasteiger partial charge is 0.245 e. The number of sulfonamides is 1. The number of likely N-dealkylation sites (N-methyl/N-ethyl adjacent to an activating group) is 1. The minimum absolute atomic E-state index is 0.263. The van der Waals surface area contributed by atoms with Crippen LogP contribution in [0.5, 0.6) is 0 Å². The molecule has 0 saturated carbocycles. The van der Waals surface area contributed by atoms with Gasteiger partial charge in [0, 0.05) is 25.7 Å². The number of aryl methyl sites for hydroxylation is 1. The fraction of sp³-hybridized carbons (Fsp3) is 0.571. The largest absolute Gasteiger partial charge is 0.398 e. The van der Waals surface area contributed by atoms with E-state index in [4.69, 9.17) is 5.73 Å². The van der Waals surface area contributed by atoms with Crippen molar-refractivity contribution in [1.29, 1.82) is 0 Å². The molecule has 1 atom stereocenters. The van der Waals surface area contributed by atoms with Gasteiger partial charge in [-0.3, -0.25) is 0 Å². The standard InChI is InChI=1S/C14H23N3O2S/c1-4-12-10-17(9-8-16(12)3)20(18,19)14-11(2)6-5-7-13(14)15/h5-7,12H,4,8-10,15H2,1-3H3. The van der Waals surface area contributed by atoms with Crippen molar-refractivity contribution in [3.63, 3.8) is 0 Å². The third-order valence-corrected chi connectivity index (χ3v) is 6.14. The monoisotopic (exact) mass is 297 g/mol. The van der Waals surface area contributed by atoms with Crippen molar-refractivity contribution in [2.24, 2.45) is 0 Å². The van der Waals surface area contributed by atoms with Crippen molar-refractivity contribution < 1.29 is 8.42 Å². The summed E-state index contributed by atoms with van der Waals surface area (Å²) in [4.78, 5) is 2.48. The van der Waals surface area contributed by atoms with Gasteiger partial charge in [-0.05, 0) is 32.0 Å².